The molecule has 1 aliphatic heterocycles. The number of nitrogens with zero attached hydrogens (tertiary/aromatic N) is 3. The van der Waals surface area contributed by atoms with E-state index in [1.165, 1.54) is 0 Å². The molecule has 1 aliphatic rings. The Morgan fingerprint density at radius 1 is 0.861 bits per heavy atom. The number of methoxy groups -OCH3 is 2. The van der Waals surface area contributed by atoms with Crippen LogP contribution < -0.4 is 15.1 Å². The predicted octanol–water partition coefficient (Wildman–Crippen LogP) is 4.40. The van der Waals surface area contributed by atoms with Crippen LogP contribution in [0, 0.1) is 13.8 Å². The van der Waals surface area contributed by atoms with Crippen molar-refractivity contribution in [2.24, 2.45) is 0 Å². The second kappa shape index (κ2) is 10.2. The van der Waals surface area contributed by atoms with E-state index in [9.17, 15) is 4.79 Å². The molecule has 8 heteroatoms. The van der Waals surface area contributed by atoms with Gasteiger partial charge in [0.15, 0.2) is 11.5 Å². The van der Waals surface area contributed by atoms with E-state index in [1.54, 1.807) is 20.3 Å². The molecule has 0 N–H and O–H groups in total. The van der Waals surface area contributed by atoms with E-state index in [-0.39, 0.29) is 5.63 Å². The van der Waals surface area contributed by atoms with Crippen molar-refractivity contribution >= 4 is 11.0 Å². The molecule has 0 saturated carbocycles. The number of aryl methyl sites for hydroxylation is 2. The third-order valence-electron chi connectivity index (χ3n) is 6.74. The number of rotatable bonds is 7. The Balaban J connectivity index is 1.23. The highest BCUT2D eigenvalue weighted by molar-refractivity contribution is 5.80. The van der Waals surface area contributed by atoms with Crippen LogP contribution in [0.4, 0.5) is 0 Å². The maximum atomic E-state index is 12.1. The molecule has 0 bridgehead atoms. The largest absolute Gasteiger partial charge is 0.493 e. The van der Waals surface area contributed by atoms with Crippen LogP contribution in [0.2, 0.25) is 0 Å². The molecule has 2 aromatic heterocycles. The Hall–Kier alpha value is -3.62. The molecule has 1 fully saturated rings. The van der Waals surface area contributed by atoms with Crippen molar-refractivity contribution < 1.29 is 18.3 Å². The number of fused-ring (bicyclic) bond motifs is 1. The lowest BCUT2D eigenvalue weighted by atomic mass is 10.1. The van der Waals surface area contributed by atoms with Crippen LogP contribution in [-0.2, 0) is 13.1 Å². The van der Waals surface area contributed by atoms with Gasteiger partial charge in [0, 0.05) is 56.3 Å². The van der Waals surface area contributed by atoms with Gasteiger partial charge in [0.1, 0.15) is 11.3 Å². The monoisotopic (exact) mass is 489 g/mol. The van der Waals surface area contributed by atoms with E-state index in [0.717, 1.165) is 72.8 Å². The number of ether oxygens (including phenoxy) is 2. The molecule has 2 aromatic carbocycles. The smallest absolute Gasteiger partial charge is 0.336 e. The van der Waals surface area contributed by atoms with Gasteiger partial charge in [0.05, 0.1) is 19.9 Å². The lowest BCUT2D eigenvalue weighted by molar-refractivity contribution is 0.121. The minimum Gasteiger partial charge on any atom is -0.493 e. The maximum Gasteiger partial charge on any atom is 0.336 e. The number of hydrogen-bond donors (Lipinski definition) is 0. The standard InChI is InChI=1S/C28H31N3O5/c1-18-5-7-22-21(15-27(32)36-25(22)13-18)16-30-9-11-31(12-10-30)17-23-19(2)35-28(29-23)20-6-8-24(33-3)26(14-20)34-4/h5-8,13-15H,9-12,16-17H2,1-4H3. The molecule has 0 atom stereocenters. The first-order chi connectivity index (χ1) is 17.4. The molecular weight excluding hydrogens is 458 g/mol. The summed E-state index contributed by atoms with van der Waals surface area (Å²) in [7, 11) is 3.23. The fraction of sp³-hybridized carbons (Fsp3) is 0.357. The minimum absolute atomic E-state index is 0.298. The summed E-state index contributed by atoms with van der Waals surface area (Å²) < 4.78 is 22.1. The number of aromatic nitrogens is 1. The number of benzene rings is 2. The molecule has 188 valence electrons. The highest BCUT2D eigenvalue weighted by Crippen LogP contribution is 2.33. The van der Waals surface area contributed by atoms with Gasteiger partial charge >= 0.3 is 5.63 Å². The van der Waals surface area contributed by atoms with Crippen molar-refractivity contribution in [2.75, 3.05) is 40.4 Å². The molecule has 0 amide bonds. The second-order valence-corrected chi connectivity index (χ2v) is 9.23. The molecule has 36 heavy (non-hydrogen) atoms. The van der Waals surface area contributed by atoms with Crippen molar-refractivity contribution in [3.05, 3.63) is 75.5 Å². The topological polar surface area (TPSA) is 81.2 Å². The number of piperazine rings is 1. The fourth-order valence-corrected chi connectivity index (χ4v) is 4.69. The van der Waals surface area contributed by atoms with E-state index >= 15 is 0 Å². The van der Waals surface area contributed by atoms with Crippen molar-refractivity contribution in [3.63, 3.8) is 0 Å². The molecule has 1 saturated heterocycles. The third-order valence-corrected chi connectivity index (χ3v) is 6.74. The quantitative estimate of drug-likeness (QED) is 0.354. The van der Waals surface area contributed by atoms with Crippen molar-refractivity contribution in [1.29, 1.82) is 0 Å². The lowest BCUT2D eigenvalue weighted by Crippen LogP contribution is -2.45. The summed E-state index contributed by atoms with van der Waals surface area (Å²) in [6, 6.07) is 13.3. The zero-order valence-electron chi connectivity index (χ0n) is 21.2. The second-order valence-electron chi connectivity index (χ2n) is 9.23. The Morgan fingerprint density at radius 2 is 1.58 bits per heavy atom. The van der Waals surface area contributed by atoms with Crippen molar-refractivity contribution in [2.45, 2.75) is 26.9 Å². The van der Waals surface area contributed by atoms with Gasteiger partial charge in [-0.3, -0.25) is 9.80 Å². The predicted molar refractivity (Wildman–Crippen MR) is 138 cm³/mol. The molecular formula is C28H31N3O5. The van der Waals surface area contributed by atoms with Crippen LogP contribution >= 0.6 is 0 Å². The van der Waals surface area contributed by atoms with E-state index < -0.39 is 0 Å². The highest BCUT2D eigenvalue weighted by Gasteiger charge is 2.21. The van der Waals surface area contributed by atoms with Crippen LogP contribution in [0.5, 0.6) is 11.5 Å². The van der Waals surface area contributed by atoms with Crippen LogP contribution in [0.25, 0.3) is 22.4 Å². The van der Waals surface area contributed by atoms with Crippen LogP contribution in [0.3, 0.4) is 0 Å². The average molecular weight is 490 g/mol. The highest BCUT2D eigenvalue weighted by atomic mass is 16.5. The summed E-state index contributed by atoms with van der Waals surface area (Å²) in [4.78, 5) is 21.6. The first-order valence-electron chi connectivity index (χ1n) is 12.1. The first kappa shape index (κ1) is 24.1. The van der Waals surface area contributed by atoms with E-state index in [0.29, 0.717) is 23.0 Å². The van der Waals surface area contributed by atoms with Crippen LogP contribution in [0.15, 0.2) is 56.1 Å². The molecule has 5 rings (SSSR count). The van der Waals surface area contributed by atoms with Crippen LogP contribution in [-0.4, -0.2) is 55.2 Å². The van der Waals surface area contributed by atoms with Gasteiger partial charge in [-0.15, -0.1) is 0 Å². The van der Waals surface area contributed by atoms with Gasteiger partial charge in [-0.25, -0.2) is 9.78 Å². The molecule has 8 nitrogen and oxygen atoms in total. The van der Waals surface area contributed by atoms with Crippen LogP contribution in [0.1, 0.15) is 22.6 Å². The van der Waals surface area contributed by atoms with Gasteiger partial charge in [-0.2, -0.15) is 0 Å². The van der Waals surface area contributed by atoms with E-state index in [1.807, 2.05) is 44.2 Å². The van der Waals surface area contributed by atoms with Gasteiger partial charge in [0.25, 0.3) is 0 Å². The summed E-state index contributed by atoms with van der Waals surface area (Å²) in [6.07, 6.45) is 0. The first-order valence-corrected chi connectivity index (χ1v) is 12.1. The zero-order valence-corrected chi connectivity index (χ0v) is 21.2. The summed E-state index contributed by atoms with van der Waals surface area (Å²) in [5, 5.41) is 1.00. The average Bonchev–Trinajstić information content (AvgIpc) is 3.24. The zero-order chi connectivity index (χ0) is 25.2. The Morgan fingerprint density at radius 3 is 2.31 bits per heavy atom. The molecule has 0 spiro atoms. The lowest BCUT2D eigenvalue weighted by Gasteiger charge is -2.34. The SMILES string of the molecule is COc1ccc(-c2nc(CN3CCN(Cc4cc(=O)oc5cc(C)ccc45)CC3)c(C)o2)cc1OC. The maximum absolute atomic E-state index is 12.1. The van der Waals surface area contributed by atoms with Gasteiger partial charge in [-0.1, -0.05) is 12.1 Å². The fourth-order valence-electron chi connectivity index (χ4n) is 4.69. The molecule has 4 aromatic rings. The molecule has 3 heterocycles. The normalized spacial score (nSPS) is 14.9. The molecule has 0 aliphatic carbocycles. The summed E-state index contributed by atoms with van der Waals surface area (Å²) >= 11 is 0. The minimum atomic E-state index is -0.298. The van der Waals surface area contributed by atoms with Crippen molar-refractivity contribution in [3.8, 4) is 23.0 Å². The Labute approximate surface area is 210 Å². The Kier molecular flexibility index (Phi) is 6.80. The summed E-state index contributed by atoms with van der Waals surface area (Å²) in [5.74, 6) is 2.71. The van der Waals surface area contributed by atoms with E-state index in [4.69, 9.17) is 23.3 Å². The van der Waals surface area contributed by atoms with Gasteiger partial charge in [0.2, 0.25) is 5.89 Å². The molecule has 0 unspecified atom stereocenters. The third kappa shape index (κ3) is 5.01. The molecule has 0 radical (unpaired) electrons. The number of hydrogen-bond acceptors (Lipinski definition) is 8. The van der Waals surface area contributed by atoms with E-state index in [2.05, 4.69) is 15.9 Å². The Bertz CT molecular complexity index is 1430. The summed E-state index contributed by atoms with van der Waals surface area (Å²) in [5.41, 5.74) is 4.24. The summed E-state index contributed by atoms with van der Waals surface area (Å²) in [6.45, 7) is 9.06. The van der Waals surface area contributed by atoms with Crippen molar-refractivity contribution in [1.82, 2.24) is 14.8 Å². The van der Waals surface area contributed by atoms with Gasteiger partial charge < -0.3 is 18.3 Å². The van der Waals surface area contributed by atoms with Gasteiger partial charge in [-0.05, 0) is 49.2 Å². The number of oxazole rings is 1.